The molecular formula is C6H12O7P2. The number of hydrogen-bond donors (Lipinski definition) is 2. The van der Waals surface area contributed by atoms with E-state index in [0.29, 0.717) is 0 Å². The van der Waals surface area contributed by atoms with E-state index in [1.165, 1.54) is 6.08 Å². The van der Waals surface area contributed by atoms with Crippen LogP contribution in [0.25, 0.3) is 0 Å². The number of phosphoric acid groups is 1. The van der Waals surface area contributed by atoms with Gasteiger partial charge in [0.15, 0.2) is 0 Å². The molecule has 0 spiro atoms. The summed E-state index contributed by atoms with van der Waals surface area (Å²) in [7, 11) is -5.19. The highest BCUT2D eigenvalue weighted by atomic mass is 31.2. The lowest BCUT2D eigenvalue weighted by Crippen LogP contribution is -2.23. The van der Waals surface area contributed by atoms with Crippen molar-refractivity contribution in [2.24, 2.45) is 0 Å². The van der Waals surface area contributed by atoms with E-state index >= 15 is 0 Å². The van der Waals surface area contributed by atoms with E-state index in [4.69, 9.17) is 14.5 Å². The van der Waals surface area contributed by atoms with Crippen LogP contribution in [0.1, 0.15) is 0 Å². The summed E-state index contributed by atoms with van der Waals surface area (Å²) in [5, 5.41) is 0. The number of rotatable bonds is 9. The van der Waals surface area contributed by atoms with Gasteiger partial charge in [-0.1, -0.05) is 6.08 Å². The minimum atomic E-state index is -4.60. The van der Waals surface area contributed by atoms with Crippen molar-refractivity contribution in [1.82, 2.24) is 0 Å². The Hall–Kier alpha value is -0.130. The van der Waals surface area contributed by atoms with Crippen molar-refractivity contribution in [1.29, 1.82) is 0 Å². The molecule has 0 amide bonds. The van der Waals surface area contributed by atoms with Crippen molar-refractivity contribution in [3.63, 3.8) is 0 Å². The molecule has 0 aliphatic rings. The predicted octanol–water partition coefficient (Wildman–Crippen LogP) is 0.890. The molecule has 88 valence electrons. The lowest BCUT2D eigenvalue weighted by molar-refractivity contribution is 0.0213. The molecule has 0 aliphatic carbocycles. The van der Waals surface area contributed by atoms with Gasteiger partial charge in [-0.3, -0.25) is 9.05 Å². The summed E-state index contributed by atoms with van der Waals surface area (Å²) in [6.07, 6.45) is 0.494. The van der Waals surface area contributed by atoms with Crippen LogP contribution >= 0.6 is 16.5 Å². The Balaban J connectivity index is 3.99. The van der Waals surface area contributed by atoms with Gasteiger partial charge in [0, 0.05) is 0 Å². The van der Waals surface area contributed by atoms with Crippen molar-refractivity contribution in [3.05, 3.63) is 12.7 Å². The molecule has 0 saturated carbocycles. The van der Waals surface area contributed by atoms with Crippen molar-refractivity contribution in [2.45, 2.75) is 6.10 Å². The molecule has 0 heterocycles. The Labute approximate surface area is 88.6 Å². The Morgan fingerprint density at radius 3 is 2.60 bits per heavy atom. The molecule has 2 N–H and O–H groups in total. The molecule has 0 fully saturated rings. The van der Waals surface area contributed by atoms with Gasteiger partial charge in [-0.25, -0.2) is 9.13 Å². The second-order valence-corrected chi connectivity index (χ2v) is 4.01. The van der Waals surface area contributed by atoms with Gasteiger partial charge in [0.05, 0.1) is 19.8 Å². The average Bonchev–Trinajstić information content (AvgIpc) is 2.12. The fourth-order valence-electron chi connectivity index (χ4n) is 0.700. The van der Waals surface area contributed by atoms with E-state index in [1.54, 1.807) is 0 Å². The smallest absolute Gasteiger partial charge is 0.375 e. The summed E-state index contributed by atoms with van der Waals surface area (Å²) in [5.41, 5.74) is 0. The Morgan fingerprint density at radius 2 is 2.13 bits per heavy atom. The standard InChI is InChI=1S/C6H12O7P2/c1-2-3-11-4-6(5-12-14-7)13-15(8,9)10/h2,6H,1,3-5H2,(H2,8,9,10). The Kier molecular flexibility index (Phi) is 8.00. The fraction of sp³-hybridized carbons (Fsp3) is 0.667. The summed E-state index contributed by atoms with van der Waals surface area (Å²) >= 11 is 0. The summed E-state index contributed by atoms with van der Waals surface area (Å²) in [6, 6.07) is 0. The molecule has 1 atom stereocenters. The molecule has 1 unspecified atom stereocenters. The molecule has 7 nitrogen and oxygen atoms in total. The second-order valence-electron chi connectivity index (χ2n) is 2.41. The van der Waals surface area contributed by atoms with Crippen molar-refractivity contribution >= 4 is 16.5 Å². The molecule has 0 aromatic carbocycles. The molecule has 0 saturated heterocycles. The molecule has 0 bridgehead atoms. The number of phosphoric ester groups is 1. The largest absolute Gasteiger partial charge is 0.470 e. The zero-order chi connectivity index (χ0) is 11.7. The van der Waals surface area contributed by atoms with Crippen LogP contribution in [-0.4, -0.2) is 35.7 Å². The third kappa shape index (κ3) is 10.2. The first-order valence-electron chi connectivity index (χ1n) is 3.87. The van der Waals surface area contributed by atoms with Gasteiger partial charge in [0.25, 0.3) is 0 Å². The van der Waals surface area contributed by atoms with Crippen LogP contribution in [0.2, 0.25) is 0 Å². The minimum Gasteiger partial charge on any atom is -0.375 e. The summed E-state index contributed by atoms with van der Waals surface area (Å²) < 4.78 is 34.1. The van der Waals surface area contributed by atoms with E-state index in [1.807, 2.05) is 0 Å². The maximum atomic E-state index is 10.5. The third-order valence-electron chi connectivity index (χ3n) is 1.14. The predicted molar refractivity (Wildman–Crippen MR) is 51.5 cm³/mol. The van der Waals surface area contributed by atoms with Gasteiger partial charge < -0.3 is 14.5 Å². The van der Waals surface area contributed by atoms with Gasteiger partial charge in [0.2, 0.25) is 0 Å². The first-order chi connectivity index (χ1) is 6.99. The summed E-state index contributed by atoms with van der Waals surface area (Å²) in [6.45, 7) is 3.28. The van der Waals surface area contributed by atoms with E-state index in [0.717, 1.165) is 0 Å². The topological polar surface area (TPSA) is 102 Å². The van der Waals surface area contributed by atoms with Gasteiger partial charge in [0.1, 0.15) is 6.10 Å². The van der Waals surface area contributed by atoms with E-state index < -0.39 is 22.6 Å². The van der Waals surface area contributed by atoms with E-state index in [-0.39, 0.29) is 19.8 Å². The number of ether oxygens (including phenoxy) is 1. The van der Waals surface area contributed by atoms with Crippen LogP contribution in [0.4, 0.5) is 0 Å². The monoisotopic (exact) mass is 258 g/mol. The third-order valence-corrected chi connectivity index (χ3v) is 1.97. The van der Waals surface area contributed by atoms with E-state index in [9.17, 15) is 9.13 Å². The van der Waals surface area contributed by atoms with Crippen LogP contribution in [0, 0.1) is 0 Å². The number of hydrogen-bond acceptors (Lipinski definition) is 5. The molecule has 0 aliphatic heterocycles. The van der Waals surface area contributed by atoms with E-state index in [2.05, 4.69) is 15.6 Å². The Bertz CT molecular complexity index is 238. The van der Waals surface area contributed by atoms with Crippen LogP contribution in [0.5, 0.6) is 0 Å². The molecule has 15 heavy (non-hydrogen) atoms. The quantitative estimate of drug-likeness (QED) is 0.359. The van der Waals surface area contributed by atoms with Crippen molar-refractivity contribution in [2.75, 3.05) is 19.8 Å². The second kappa shape index (κ2) is 8.07. The lowest BCUT2D eigenvalue weighted by Gasteiger charge is -2.16. The van der Waals surface area contributed by atoms with Gasteiger partial charge in [-0.2, -0.15) is 0 Å². The highest BCUT2D eigenvalue weighted by Crippen LogP contribution is 2.37. The fourth-order valence-corrected chi connectivity index (χ4v) is 1.44. The highest BCUT2D eigenvalue weighted by molar-refractivity contribution is 7.46. The molecular weight excluding hydrogens is 246 g/mol. The first-order valence-corrected chi connectivity index (χ1v) is 6.13. The van der Waals surface area contributed by atoms with Crippen LogP contribution < -0.4 is 0 Å². The normalized spacial score (nSPS) is 14.0. The molecule has 9 heteroatoms. The maximum absolute atomic E-state index is 10.5. The van der Waals surface area contributed by atoms with Crippen molar-refractivity contribution < 1.29 is 32.7 Å². The van der Waals surface area contributed by atoms with Crippen LogP contribution in [0.3, 0.4) is 0 Å². The molecule has 0 rings (SSSR count). The van der Waals surface area contributed by atoms with Gasteiger partial charge in [-0.15, -0.1) is 6.58 Å². The zero-order valence-corrected chi connectivity index (χ0v) is 9.60. The SMILES string of the molecule is C=CCOCC(COP=O)OP(=O)(O)O. The van der Waals surface area contributed by atoms with Gasteiger partial charge in [-0.05, 0) is 0 Å². The Morgan fingerprint density at radius 1 is 1.47 bits per heavy atom. The highest BCUT2D eigenvalue weighted by Gasteiger charge is 2.22. The summed E-state index contributed by atoms with van der Waals surface area (Å²) in [4.78, 5) is 17.0. The van der Waals surface area contributed by atoms with Crippen LogP contribution in [0.15, 0.2) is 12.7 Å². The lowest BCUT2D eigenvalue weighted by atomic mass is 10.4. The maximum Gasteiger partial charge on any atom is 0.470 e. The van der Waals surface area contributed by atoms with Crippen LogP contribution in [-0.2, 0) is 22.9 Å². The molecule has 0 aromatic rings. The van der Waals surface area contributed by atoms with Gasteiger partial charge >= 0.3 is 16.5 Å². The van der Waals surface area contributed by atoms with Crippen molar-refractivity contribution in [3.8, 4) is 0 Å². The molecule has 0 radical (unpaired) electrons. The zero-order valence-electron chi connectivity index (χ0n) is 7.81. The summed E-state index contributed by atoms with van der Waals surface area (Å²) in [5.74, 6) is 0. The minimum absolute atomic E-state index is 0.0906. The average molecular weight is 258 g/mol. The first kappa shape index (κ1) is 14.9. The molecule has 0 aromatic heterocycles.